The molecule has 1 atom stereocenters. The first-order chi connectivity index (χ1) is 13.9. The summed E-state index contributed by atoms with van der Waals surface area (Å²) in [6.45, 7) is 5.23. The van der Waals surface area contributed by atoms with Crippen molar-refractivity contribution in [1.82, 2.24) is 29.4 Å². The summed E-state index contributed by atoms with van der Waals surface area (Å²) in [4.78, 5) is 19.2. The molecule has 0 saturated carbocycles. The minimum absolute atomic E-state index is 0.276. The van der Waals surface area contributed by atoms with E-state index in [2.05, 4.69) is 37.1 Å². The number of nitrogens with one attached hydrogen (secondary N) is 1. The summed E-state index contributed by atoms with van der Waals surface area (Å²) < 4.78 is 40.1. The molecule has 1 fully saturated rings. The highest BCUT2D eigenvalue weighted by Crippen LogP contribution is 2.30. The molecule has 0 bridgehead atoms. The number of alkyl halides is 3. The monoisotopic (exact) mass is 405 g/mol. The number of fused-ring (bicyclic) bond motifs is 1. The van der Waals surface area contributed by atoms with Crippen LogP contribution in [0.2, 0.25) is 0 Å². The summed E-state index contributed by atoms with van der Waals surface area (Å²) in [6.07, 6.45) is 0.327. The Kier molecular flexibility index (Phi) is 5.12. The van der Waals surface area contributed by atoms with Crippen LogP contribution in [0.15, 0.2) is 24.7 Å². The van der Waals surface area contributed by atoms with E-state index in [1.54, 1.807) is 11.6 Å². The van der Waals surface area contributed by atoms with Crippen molar-refractivity contribution in [2.45, 2.75) is 32.0 Å². The Bertz CT molecular complexity index is 997. The van der Waals surface area contributed by atoms with Gasteiger partial charge >= 0.3 is 6.18 Å². The van der Waals surface area contributed by atoms with E-state index in [0.29, 0.717) is 28.4 Å². The van der Waals surface area contributed by atoms with Crippen molar-refractivity contribution in [3.8, 4) is 11.4 Å². The minimum Gasteiger partial charge on any atom is -0.364 e. The minimum atomic E-state index is -4.47. The number of nitrogens with zero attached hydrogens (tertiary/aromatic N) is 6. The fourth-order valence-electron chi connectivity index (χ4n) is 3.72. The molecule has 29 heavy (non-hydrogen) atoms. The van der Waals surface area contributed by atoms with Gasteiger partial charge in [-0.2, -0.15) is 13.2 Å². The number of hydrogen-bond donors (Lipinski definition) is 1. The molecule has 3 aromatic heterocycles. The normalized spacial score (nSPS) is 17.9. The number of rotatable bonds is 5. The summed E-state index contributed by atoms with van der Waals surface area (Å²) in [7, 11) is 1.78. The van der Waals surface area contributed by atoms with Crippen molar-refractivity contribution in [1.29, 1.82) is 0 Å². The predicted molar refractivity (Wildman–Crippen MR) is 103 cm³/mol. The fourth-order valence-corrected chi connectivity index (χ4v) is 3.72. The molecule has 7 nitrogen and oxygen atoms in total. The Morgan fingerprint density at radius 2 is 2.03 bits per heavy atom. The molecule has 0 radical (unpaired) electrons. The van der Waals surface area contributed by atoms with Gasteiger partial charge in [-0.15, -0.1) is 0 Å². The Morgan fingerprint density at radius 3 is 2.72 bits per heavy atom. The van der Waals surface area contributed by atoms with Gasteiger partial charge in [0.15, 0.2) is 17.0 Å². The van der Waals surface area contributed by atoms with Gasteiger partial charge in [0.2, 0.25) is 0 Å². The molecule has 0 amide bonds. The van der Waals surface area contributed by atoms with Gasteiger partial charge in [0, 0.05) is 37.9 Å². The number of aryl methyl sites for hydroxylation is 1. The number of pyridine rings is 1. The standard InChI is InChI=1S/C19H22F3N7/c1-3-7-29-8-6-13(10-29)26-16-15-18(25-11-24-16)28(2)17(27-15)12-4-5-14(23-9-12)19(20,21)22/h4-5,9,11,13H,3,6-8,10H2,1-2H3,(H,24,25,26)/t13-/m0/s1. The first-order valence-corrected chi connectivity index (χ1v) is 9.56. The van der Waals surface area contributed by atoms with Crippen molar-refractivity contribution in [2.75, 3.05) is 25.0 Å². The Morgan fingerprint density at radius 1 is 1.21 bits per heavy atom. The largest absolute Gasteiger partial charge is 0.433 e. The average Bonchev–Trinajstić information content (AvgIpc) is 3.27. The van der Waals surface area contributed by atoms with E-state index in [1.165, 1.54) is 18.6 Å². The molecule has 1 aliphatic heterocycles. The highest BCUT2D eigenvalue weighted by Gasteiger charge is 2.32. The Hall–Kier alpha value is -2.75. The molecule has 1 aliphatic rings. The summed E-state index contributed by atoms with van der Waals surface area (Å²) in [5, 5.41) is 3.46. The highest BCUT2D eigenvalue weighted by atomic mass is 19.4. The van der Waals surface area contributed by atoms with Gasteiger partial charge in [0.05, 0.1) is 0 Å². The third kappa shape index (κ3) is 3.89. The third-order valence-corrected chi connectivity index (χ3v) is 5.12. The molecule has 1 N–H and O–H groups in total. The van der Waals surface area contributed by atoms with Crippen molar-refractivity contribution < 1.29 is 13.2 Å². The first-order valence-electron chi connectivity index (χ1n) is 9.56. The number of likely N-dealkylation sites (tertiary alicyclic amines) is 1. The van der Waals surface area contributed by atoms with E-state index in [1.807, 2.05) is 0 Å². The lowest BCUT2D eigenvalue weighted by Gasteiger charge is -2.16. The van der Waals surface area contributed by atoms with Crippen molar-refractivity contribution in [3.05, 3.63) is 30.4 Å². The van der Waals surface area contributed by atoms with Crippen LogP contribution in [0.25, 0.3) is 22.6 Å². The van der Waals surface area contributed by atoms with Gasteiger partial charge in [0.1, 0.15) is 17.8 Å². The number of halogens is 3. The van der Waals surface area contributed by atoms with Crippen LogP contribution in [-0.4, -0.2) is 55.1 Å². The fraction of sp³-hybridized carbons (Fsp3) is 0.474. The van der Waals surface area contributed by atoms with Crippen LogP contribution in [-0.2, 0) is 13.2 Å². The second-order valence-electron chi connectivity index (χ2n) is 7.25. The Balaban J connectivity index is 1.63. The molecular formula is C19H22F3N7. The second kappa shape index (κ2) is 7.58. The number of hydrogen-bond acceptors (Lipinski definition) is 6. The maximum absolute atomic E-state index is 12.8. The zero-order valence-electron chi connectivity index (χ0n) is 16.2. The quantitative estimate of drug-likeness (QED) is 0.702. The SMILES string of the molecule is CCCN1CC[C@H](Nc2ncnc3c2nc(-c2ccc(C(F)(F)F)nc2)n3C)C1. The molecule has 0 aromatic carbocycles. The van der Waals surface area contributed by atoms with Crippen molar-refractivity contribution in [2.24, 2.45) is 7.05 Å². The van der Waals surface area contributed by atoms with Crippen molar-refractivity contribution >= 4 is 17.0 Å². The molecule has 3 aromatic rings. The molecule has 4 heterocycles. The summed E-state index contributed by atoms with van der Waals surface area (Å²) in [5.41, 5.74) is 0.763. The van der Waals surface area contributed by atoms with Gasteiger partial charge in [-0.1, -0.05) is 6.92 Å². The number of anilines is 1. The van der Waals surface area contributed by atoms with Crippen molar-refractivity contribution in [3.63, 3.8) is 0 Å². The topological polar surface area (TPSA) is 71.8 Å². The maximum Gasteiger partial charge on any atom is 0.433 e. The Labute approximate surface area is 166 Å². The van der Waals surface area contributed by atoms with Gasteiger partial charge in [-0.25, -0.2) is 15.0 Å². The molecule has 0 spiro atoms. The summed E-state index contributed by atoms with van der Waals surface area (Å²) in [5.74, 6) is 1.13. The lowest BCUT2D eigenvalue weighted by Crippen LogP contribution is -2.27. The average molecular weight is 405 g/mol. The van der Waals surface area contributed by atoms with Crippen LogP contribution in [0.3, 0.4) is 0 Å². The summed E-state index contributed by atoms with van der Waals surface area (Å²) >= 11 is 0. The highest BCUT2D eigenvalue weighted by molar-refractivity contribution is 5.86. The lowest BCUT2D eigenvalue weighted by atomic mass is 10.2. The lowest BCUT2D eigenvalue weighted by molar-refractivity contribution is -0.141. The van der Waals surface area contributed by atoms with Crippen LogP contribution in [0.5, 0.6) is 0 Å². The number of imidazole rings is 1. The molecule has 0 unspecified atom stereocenters. The van der Waals surface area contributed by atoms with E-state index in [4.69, 9.17) is 0 Å². The number of aromatic nitrogens is 5. The van der Waals surface area contributed by atoms with E-state index >= 15 is 0 Å². The molecule has 1 saturated heterocycles. The van der Waals surface area contributed by atoms with Crippen LogP contribution in [0.4, 0.5) is 19.0 Å². The van der Waals surface area contributed by atoms with Gasteiger partial charge in [-0.05, 0) is 31.5 Å². The van der Waals surface area contributed by atoms with Crippen LogP contribution < -0.4 is 5.32 Å². The molecule has 4 rings (SSSR count). The van der Waals surface area contributed by atoms with E-state index in [9.17, 15) is 13.2 Å². The molecule has 10 heteroatoms. The van der Waals surface area contributed by atoms with Gasteiger partial charge in [0.25, 0.3) is 0 Å². The van der Waals surface area contributed by atoms with Crippen LogP contribution >= 0.6 is 0 Å². The zero-order chi connectivity index (χ0) is 20.6. The van der Waals surface area contributed by atoms with Gasteiger partial charge < -0.3 is 14.8 Å². The molecular weight excluding hydrogens is 383 g/mol. The van der Waals surface area contributed by atoms with E-state index < -0.39 is 11.9 Å². The van der Waals surface area contributed by atoms with E-state index in [0.717, 1.165) is 38.5 Å². The predicted octanol–water partition coefficient (Wildman–Crippen LogP) is 3.34. The second-order valence-corrected chi connectivity index (χ2v) is 7.25. The first kappa shape index (κ1) is 19.6. The molecule has 154 valence electrons. The smallest absolute Gasteiger partial charge is 0.364 e. The van der Waals surface area contributed by atoms with Crippen LogP contribution in [0.1, 0.15) is 25.5 Å². The summed E-state index contributed by atoms with van der Waals surface area (Å²) in [6, 6.07) is 2.61. The van der Waals surface area contributed by atoms with E-state index in [-0.39, 0.29) is 6.04 Å². The van der Waals surface area contributed by atoms with Crippen LogP contribution in [0, 0.1) is 0 Å². The molecule has 0 aliphatic carbocycles. The third-order valence-electron chi connectivity index (χ3n) is 5.12. The van der Waals surface area contributed by atoms with Gasteiger partial charge in [-0.3, -0.25) is 4.98 Å². The zero-order valence-corrected chi connectivity index (χ0v) is 16.2. The maximum atomic E-state index is 12.8.